The highest BCUT2D eigenvalue weighted by Gasteiger charge is 2.11. The van der Waals surface area contributed by atoms with Gasteiger partial charge in [-0.05, 0) is 41.5 Å². The van der Waals surface area contributed by atoms with Crippen LogP contribution in [0.15, 0.2) is 53.0 Å². The van der Waals surface area contributed by atoms with Crippen LogP contribution in [0.3, 0.4) is 0 Å². The molecule has 0 spiro atoms. The normalized spacial score (nSPS) is 10.5. The molecule has 0 fully saturated rings. The van der Waals surface area contributed by atoms with Gasteiger partial charge in [0.05, 0.1) is 43.7 Å². The van der Waals surface area contributed by atoms with Gasteiger partial charge in [0.25, 0.3) is 0 Å². The van der Waals surface area contributed by atoms with Gasteiger partial charge in [0.15, 0.2) is 0 Å². The summed E-state index contributed by atoms with van der Waals surface area (Å²) >= 11 is 9.32. The average molecular weight is 531 g/mol. The maximum absolute atomic E-state index is 11.7. The summed E-state index contributed by atoms with van der Waals surface area (Å²) < 4.78 is 17.1. The summed E-state index contributed by atoms with van der Waals surface area (Å²) in [5, 5.41) is 9.77. The second-order valence-electron chi connectivity index (χ2n) is 6.96. The average Bonchev–Trinajstić information content (AvgIpc) is 2.82. The van der Waals surface area contributed by atoms with Crippen molar-refractivity contribution in [2.45, 2.75) is 26.1 Å². The first-order chi connectivity index (χ1) is 16.0. The number of nitriles is 1. The van der Waals surface area contributed by atoms with Crippen LogP contribution in [0.1, 0.15) is 28.1 Å². The Bertz CT molecular complexity index is 1170. The number of halogens is 2. The first kappa shape index (κ1) is 24.6. The van der Waals surface area contributed by atoms with E-state index in [0.29, 0.717) is 47.6 Å². The monoisotopic (exact) mass is 529 g/mol. The van der Waals surface area contributed by atoms with Crippen LogP contribution >= 0.6 is 27.5 Å². The van der Waals surface area contributed by atoms with Crippen molar-refractivity contribution in [1.29, 1.82) is 5.26 Å². The molecule has 0 saturated carbocycles. The van der Waals surface area contributed by atoms with Crippen LogP contribution < -0.4 is 4.74 Å². The number of rotatable bonds is 10. The SMILES string of the molecule is COC(=O)Cc1ccc(Br)cc1COCCc1nc(COc2cccc(Cl)n2)ccc1C#N. The number of methoxy groups -OCH3 is 1. The molecule has 0 radical (unpaired) electrons. The van der Waals surface area contributed by atoms with E-state index in [1.54, 1.807) is 30.3 Å². The van der Waals surface area contributed by atoms with E-state index in [1.807, 2.05) is 18.2 Å². The van der Waals surface area contributed by atoms with E-state index in [1.165, 1.54) is 7.11 Å². The number of carbonyl (C=O) groups is 1. The van der Waals surface area contributed by atoms with Crippen LogP contribution in [0, 0.1) is 11.3 Å². The highest BCUT2D eigenvalue weighted by atomic mass is 79.9. The van der Waals surface area contributed by atoms with Gasteiger partial charge >= 0.3 is 5.97 Å². The third kappa shape index (κ3) is 7.53. The molecule has 1 aromatic carbocycles. The summed E-state index contributed by atoms with van der Waals surface area (Å²) in [6, 6.07) is 16.4. The molecule has 2 aromatic heterocycles. The Morgan fingerprint density at radius 3 is 2.73 bits per heavy atom. The molecule has 0 atom stereocenters. The van der Waals surface area contributed by atoms with Gasteiger partial charge in [-0.25, -0.2) is 4.98 Å². The van der Waals surface area contributed by atoms with Gasteiger partial charge in [0, 0.05) is 17.0 Å². The summed E-state index contributed by atoms with van der Waals surface area (Å²) in [6.45, 7) is 0.866. The van der Waals surface area contributed by atoms with Crippen LogP contribution in [0.2, 0.25) is 5.15 Å². The van der Waals surface area contributed by atoms with Crippen molar-refractivity contribution in [3.63, 3.8) is 0 Å². The number of pyridine rings is 2. The van der Waals surface area contributed by atoms with Gasteiger partial charge in [-0.1, -0.05) is 39.7 Å². The van der Waals surface area contributed by atoms with Crippen molar-refractivity contribution in [3.05, 3.63) is 86.2 Å². The van der Waals surface area contributed by atoms with E-state index >= 15 is 0 Å². The number of carbonyl (C=O) groups excluding carboxylic acids is 1. The highest BCUT2D eigenvalue weighted by Crippen LogP contribution is 2.19. The van der Waals surface area contributed by atoms with E-state index in [0.717, 1.165) is 15.6 Å². The van der Waals surface area contributed by atoms with E-state index in [2.05, 4.69) is 32.0 Å². The number of esters is 1. The lowest BCUT2D eigenvalue weighted by Crippen LogP contribution is -2.09. The largest absolute Gasteiger partial charge is 0.471 e. The number of benzene rings is 1. The summed E-state index contributed by atoms with van der Waals surface area (Å²) in [4.78, 5) is 20.3. The van der Waals surface area contributed by atoms with Gasteiger partial charge in [-0.2, -0.15) is 5.26 Å². The second kappa shape index (κ2) is 12.3. The molecule has 7 nitrogen and oxygen atoms in total. The Labute approximate surface area is 205 Å². The Morgan fingerprint density at radius 2 is 1.97 bits per heavy atom. The maximum atomic E-state index is 11.7. The topological polar surface area (TPSA) is 94.3 Å². The van der Waals surface area contributed by atoms with Gasteiger partial charge in [0.1, 0.15) is 17.8 Å². The van der Waals surface area contributed by atoms with Gasteiger partial charge in [-0.3, -0.25) is 9.78 Å². The molecule has 0 bridgehead atoms. The molecule has 0 unspecified atom stereocenters. The van der Waals surface area contributed by atoms with Gasteiger partial charge in [0.2, 0.25) is 5.88 Å². The third-order valence-electron chi connectivity index (χ3n) is 4.68. The molecular formula is C24H21BrClN3O4. The van der Waals surface area contributed by atoms with Crippen LogP contribution in [0.25, 0.3) is 0 Å². The van der Waals surface area contributed by atoms with Gasteiger partial charge in [-0.15, -0.1) is 0 Å². The predicted octanol–water partition coefficient (Wildman–Crippen LogP) is 4.82. The van der Waals surface area contributed by atoms with Crippen LogP contribution in [-0.4, -0.2) is 29.7 Å². The maximum Gasteiger partial charge on any atom is 0.309 e. The van der Waals surface area contributed by atoms with Gasteiger partial charge < -0.3 is 14.2 Å². The molecule has 9 heteroatoms. The molecule has 3 aromatic rings. The van der Waals surface area contributed by atoms with E-state index in [4.69, 9.17) is 25.8 Å². The Kier molecular flexibility index (Phi) is 9.19. The standard InChI is InChI=1S/C24H21BrClN3O4/c1-31-24(30)12-16-5-7-19(25)11-18(16)14-32-10-9-21-17(13-27)6-8-20(28-21)15-33-23-4-2-3-22(26)29-23/h2-8,11H,9-10,12,14-15H2,1H3. The molecular weight excluding hydrogens is 510 g/mol. The summed E-state index contributed by atoms with van der Waals surface area (Å²) in [6.07, 6.45) is 0.624. The molecule has 0 aliphatic rings. The van der Waals surface area contributed by atoms with Crippen LogP contribution in [0.4, 0.5) is 0 Å². The lowest BCUT2D eigenvalue weighted by Gasteiger charge is -2.11. The fraction of sp³-hybridized carbons (Fsp3) is 0.250. The minimum absolute atomic E-state index is 0.173. The predicted molar refractivity (Wildman–Crippen MR) is 126 cm³/mol. The molecule has 0 saturated heterocycles. The minimum atomic E-state index is -0.312. The lowest BCUT2D eigenvalue weighted by molar-refractivity contribution is -0.139. The van der Waals surface area contributed by atoms with E-state index in [9.17, 15) is 10.1 Å². The number of ether oxygens (including phenoxy) is 3. The highest BCUT2D eigenvalue weighted by molar-refractivity contribution is 9.10. The van der Waals surface area contributed by atoms with Crippen molar-refractivity contribution in [2.24, 2.45) is 0 Å². The third-order valence-corrected chi connectivity index (χ3v) is 5.39. The number of hydrogen-bond acceptors (Lipinski definition) is 7. The molecule has 0 amide bonds. The molecule has 2 heterocycles. The van der Waals surface area contributed by atoms with Crippen molar-refractivity contribution < 1.29 is 19.0 Å². The Hall–Kier alpha value is -2.99. The molecule has 0 N–H and O–H groups in total. The zero-order valence-corrected chi connectivity index (χ0v) is 20.2. The first-order valence-corrected chi connectivity index (χ1v) is 11.2. The summed E-state index contributed by atoms with van der Waals surface area (Å²) in [5.41, 5.74) is 3.51. The van der Waals surface area contributed by atoms with Crippen molar-refractivity contribution in [2.75, 3.05) is 13.7 Å². The first-order valence-electron chi connectivity index (χ1n) is 10.0. The molecule has 3 rings (SSSR count). The Balaban J connectivity index is 1.60. The molecule has 170 valence electrons. The quantitative estimate of drug-likeness (QED) is 0.211. The zero-order valence-electron chi connectivity index (χ0n) is 17.9. The van der Waals surface area contributed by atoms with Crippen molar-refractivity contribution in [3.8, 4) is 11.9 Å². The smallest absolute Gasteiger partial charge is 0.309 e. The number of nitrogens with zero attached hydrogens (tertiary/aromatic N) is 3. The van der Waals surface area contributed by atoms with Crippen molar-refractivity contribution >= 4 is 33.5 Å². The lowest BCUT2D eigenvalue weighted by atomic mass is 10.1. The summed E-state index contributed by atoms with van der Waals surface area (Å²) in [7, 11) is 1.36. The summed E-state index contributed by atoms with van der Waals surface area (Å²) in [5.74, 6) is 0.0868. The number of aromatic nitrogens is 2. The van der Waals surface area contributed by atoms with E-state index in [-0.39, 0.29) is 19.0 Å². The second-order valence-corrected chi connectivity index (χ2v) is 8.27. The van der Waals surface area contributed by atoms with Crippen LogP contribution in [0.5, 0.6) is 5.88 Å². The fourth-order valence-electron chi connectivity index (χ4n) is 3.02. The molecule has 0 aliphatic carbocycles. The Morgan fingerprint density at radius 1 is 1.12 bits per heavy atom. The molecule has 0 aliphatic heterocycles. The number of hydrogen-bond donors (Lipinski definition) is 0. The zero-order chi connectivity index (χ0) is 23.6. The minimum Gasteiger partial charge on any atom is -0.471 e. The van der Waals surface area contributed by atoms with E-state index < -0.39 is 0 Å². The van der Waals surface area contributed by atoms with Crippen LogP contribution in [-0.2, 0) is 40.3 Å². The van der Waals surface area contributed by atoms with Crippen molar-refractivity contribution in [1.82, 2.24) is 9.97 Å². The molecule has 33 heavy (non-hydrogen) atoms. The fourth-order valence-corrected chi connectivity index (χ4v) is 3.58.